The van der Waals surface area contributed by atoms with Crippen LogP contribution in [0.4, 0.5) is 10.8 Å². The first-order chi connectivity index (χ1) is 7.27. The van der Waals surface area contributed by atoms with Gasteiger partial charge >= 0.3 is 0 Å². The molecule has 2 aromatic rings. The molecule has 1 unspecified atom stereocenters. The molecule has 0 aliphatic rings. The molecule has 0 bridgehead atoms. The van der Waals surface area contributed by atoms with Crippen molar-refractivity contribution in [1.82, 2.24) is 4.98 Å². The van der Waals surface area contributed by atoms with Gasteiger partial charge in [-0.05, 0) is 18.6 Å². The van der Waals surface area contributed by atoms with Crippen LogP contribution in [-0.2, 0) is 0 Å². The topological polar surface area (TPSA) is 50.9 Å². The fourth-order valence-electron chi connectivity index (χ4n) is 1.41. The van der Waals surface area contributed by atoms with Gasteiger partial charge in [0.15, 0.2) is 5.13 Å². The van der Waals surface area contributed by atoms with E-state index in [2.05, 4.69) is 10.3 Å². The number of nitrogens with zero attached hydrogens (tertiary/aromatic N) is 1. The first-order valence-electron chi connectivity index (χ1n) is 4.78. The Morgan fingerprint density at radius 3 is 2.87 bits per heavy atom. The van der Waals surface area contributed by atoms with Crippen molar-refractivity contribution < 1.29 is 0 Å². The van der Waals surface area contributed by atoms with E-state index in [4.69, 9.17) is 5.73 Å². The van der Waals surface area contributed by atoms with Gasteiger partial charge in [0, 0.05) is 23.3 Å². The van der Waals surface area contributed by atoms with Crippen molar-refractivity contribution in [2.75, 3.05) is 5.32 Å². The van der Waals surface area contributed by atoms with Crippen LogP contribution in [0.1, 0.15) is 18.5 Å². The Kier molecular flexibility index (Phi) is 2.99. The maximum atomic E-state index is 5.89. The number of aromatic nitrogens is 1. The first kappa shape index (κ1) is 10.1. The van der Waals surface area contributed by atoms with Crippen LogP contribution in [0.2, 0.25) is 0 Å². The van der Waals surface area contributed by atoms with E-state index in [1.807, 2.05) is 36.6 Å². The third kappa shape index (κ3) is 2.34. The lowest BCUT2D eigenvalue weighted by Gasteiger charge is -2.12. The fourth-order valence-corrected chi connectivity index (χ4v) is 1.95. The van der Waals surface area contributed by atoms with Gasteiger partial charge in [0.2, 0.25) is 0 Å². The van der Waals surface area contributed by atoms with Crippen LogP contribution in [0.3, 0.4) is 0 Å². The maximum absolute atomic E-state index is 5.89. The van der Waals surface area contributed by atoms with Crippen LogP contribution in [0, 0.1) is 0 Å². The molecule has 0 aliphatic carbocycles. The largest absolute Gasteiger partial charge is 0.331 e. The van der Waals surface area contributed by atoms with E-state index in [0.717, 1.165) is 16.4 Å². The average molecular weight is 219 g/mol. The Labute approximate surface area is 93.0 Å². The molecule has 1 heterocycles. The smallest absolute Gasteiger partial charge is 0.187 e. The predicted octanol–water partition coefficient (Wildman–Crippen LogP) is 2.91. The molecule has 0 aliphatic heterocycles. The van der Waals surface area contributed by atoms with E-state index in [0.29, 0.717) is 0 Å². The van der Waals surface area contributed by atoms with Crippen LogP contribution in [-0.4, -0.2) is 4.98 Å². The standard InChI is InChI=1S/C11H13N3S/c1-8(12)9-4-2-3-5-10(9)14-11-13-6-7-15-11/h2-8H,12H2,1H3,(H,13,14). The van der Waals surface area contributed by atoms with Crippen molar-refractivity contribution in [2.45, 2.75) is 13.0 Å². The molecular formula is C11H13N3S. The zero-order valence-corrected chi connectivity index (χ0v) is 9.29. The Morgan fingerprint density at radius 2 is 2.20 bits per heavy atom. The fraction of sp³-hybridized carbons (Fsp3) is 0.182. The molecule has 15 heavy (non-hydrogen) atoms. The second-order valence-electron chi connectivity index (χ2n) is 3.34. The van der Waals surface area contributed by atoms with Gasteiger partial charge in [-0.15, -0.1) is 11.3 Å². The summed E-state index contributed by atoms with van der Waals surface area (Å²) in [5.41, 5.74) is 8.02. The maximum Gasteiger partial charge on any atom is 0.187 e. The highest BCUT2D eigenvalue weighted by Gasteiger charge is 2.06. The van der Waals surface area contributed by atoms with Crippen LogP contribution >= 0.6 is 11.3 Å². The molecule has 1 aromatic carbocycles. The van der Waals surface area contributed by atoms with Crippen molar-refractivity contribution >= 4 is 22.2 Å². The van der Waals surface area contributed by atoms with E-state index in [1.165, 1.54) is 0 Å². The summed E-state index contributed by atoms with van der Waals surface area (Å²) in [5.74, 6) is 0. The van der Waals surface area contributed by atoms with E-state index in [1.54, 1.807) is 17.5 Å². The van der Waals surface area contributed by atoms with Crippen molar-refractivity contribution in [3.05, 3.63) is 41.4 Å². The zero-order valence-electron chi connectivity index (χ0n) is 8.47. The normalized spacial score (nSPS) is 12.4. The highest BCUT2D eigenvalue weighted by molar-refractivity contribution is 7.13. The number of nitrogens with one attached hydrogen (secondary N) is 1. The first-order valence-corrected chi connectivity index (χ1v) is 5.66. The van der Waals surface area contributed by atoms with E-state index in [-0.39, 0.29) is 6.04 Å². The number of anilines is 2. The van der Waals surface area contributed by atoms with Gasteiger partial charge in [0.1, 0.15) is 0 Å². The quantitative estimate of drug-likeness (QED) is 0.834. The molecule has 1 aromatic heterocycles. The monoisotopic (exact) mass is 219 g/mol. The summed E-state index contributed by atoms with van der Waals surface area (Å²) in [5, 5.41) is 6.09. The zero-order chi connectivity index (χ0) is 10.7. The summed E-state index contributed by atoms with van der Waals surface area (Å²) in [4.78, 5) is 4.18. The van der Waals surface area contributed by atoms with Crippen LogP contribution in [0.25, 0.3) is 0 Å². The number of thiazole rings is 1. The molecule has 2 rings (SSSR count). The minimum atomic E-state index is 0.0219. The number of para-hydroxylation sites is 1. The van der Waals surface area contributed by atoms with E-state index < -0.39 is 0 Å². The van der Waals surface area contributed by atoms with Gasteiger partial charge < -0.3 is 11.1 Å². The lowest BCUT2D eigenvalue weighted by Crippen LogP contribution is -2.07. The van der Waals surface area contributed by atoms with Crippen molar-refractivity contribution in [2.24, 2.45) is 5.73 Å². The van der Waals surface area contributed by atoms with Gasteiger partial charge in [-0.2, -0.15) is 0 Å². The molecule has 0 radical (unpaired) electrons. The van der Waals surface area contributed by atoms with Crippen LogP contribution in [0.15, 0.2) is 35.8 Å². The minimum absolute atomic E-state index is 0.0219. The lowest BCUT2D eigenvalue weighted by molar-refractivity contribution is 0.820. The number of hydrogen-bond donors (Lipinski definition) is 2. The van der Waals surface area contributed by atoms with Crippen LogP contribution < -0.4 is 11.1 Å². The summed E-state index contributed by atoms with van der Waals surface area (Å²) in [6, 6.07) is 8.04. The summed E-state index contributed by atoms with van der Waals surface area (Å²) in [6.07, 6.45) is 1.78. The van der Waals surface area contributed by atoms with Gasteiger partial charge in [-0.25, -0.2) is 4.98 Å². The average Bonchev–Trinajstić information content (AvgIpc) is 2.71. The number of rotatable bonds is 3. The van der Waals surface area contributed by atoms with Crippen molar-refractivity contribution in [3.8, 4) is 0 Å². The van der Waals surface area contributed by atoms with Gasteiger partial charge in [-0.3, -0.25) is 0 Å². The Bertz CT molecular complexity index is 423. The molecule has 78 valence electrons. The molecule has 0 amide bonds. The Hall–Kier alpha value is -1.39. The third-order valence-electron chi connectivity index (χ3n) is 2.13. The molecule has 3 nitrogen and oxygen atoms in total. The van der Waals surface area contributed by atoms with E-state index >= 15 is 0 Å². The minimum Gasteiger partial charge on any atom is -0.331 e. The highest BCUT2D eigenvalue weighted by atomic mass is 32.1. The molecule has 0 fully saturated rings. The summed E-state index contributed by atoms with van der Waals surface area (Å²) in [6.45, 7) is 1.97. The molecular weight excluding hydrogens is 206 g/mol. The molecule has 0 saturated heterocycles. The molecule has 1 atom stereocenters. The molecule has 4 heteroatoms. The summed E-state index contributed by atoms with van der Waals surface area (Å²) < 4.78 is 0. The lowest BCUT2D eigenvalue weighted by atomic mass is 10.1. The third-order valence-corrected chi connectivity index (χ3v) is 2.81. The van der Waals surface area contributed by atoms with Crippen molar-refractivity contribution in [1.29, 1.82) is 0 Å². The van der Waals surface area contributed by atoms with Gasteiger partial charge in [-0.1, -0.05) is 18.2 Å². The summed E-state index contributed by atoms with van der Waals surface area (Å²) in [7, 11) is 0. The Balaban J connectivity index is 2.28. The molecule has 0 saturated carbocycles. The number of hydrogen-bond acceptors (Lipinski definition) is 4. The van der Waals surface area contributed by atoms with Crippen molar-refractivity contribution in [3.63, 3.8) is 0 Å². The van der Waals surface area contributed by atoms with E-state index in [9.17, 15) is 0 Å². The predicted molar refractivity (Wildman–Crippen MR) is 64.4 cm³/mol. The second-order valence-corrected chi connectivity index (χ2v) is 4.23. The van der Waals surface area contributed by atoms with Gasteiger partial charge in [0.25, 0.3) is 0 Å². The highest BCUT2D eigenvalue weighted by Crippen LogP contribution is 2.25. The summed E-state index contributed by atoms with van der Waals surface area (Å²) >= 11 is 1.58. The molecule has 0 spiro atoms. The Morgan fingerprint density at radius 1 is 1.40 bits per heavy atom. The van der Waals surface area contributed by atoms with Crippen LogP contribution in [0.5, 0.6) is 0 Å². The van der Waals surface area contributed by atoms with Gasteiger partial charge in [0.05, 0.1) is 0 Å². The second kappa shape index (κ2) is 4.42. The SMILES string of the molecule is CC(N)c1ccccc1Nc1nccs1. The number of benzene rings is 1. The molecule has 3 N–H and O–H groups in total. The number of nitrogens with two attached hydrogens (primary N) is 1.